The topological polar surface area (TPSA) is 65.0 Å². The maximum absolute atomic E-state index is 12.0. The number of carbonyl (C=O) groups is 1. The first-order chi connectivity index (χ1) is 9.15. The van der Waals surface area contributed by atoms with E-state index in [-0.39, 0.29) is 31.4 Å². The highest BCUT2D eigenvalue weighted by molar-refractivity contribution is 5.89. The molecule has 102 valence electrons. The summed E-state index contributed by atoms with van der Waals surface area (Å²) in [4.78, 5) is 12.0. The summed E-state index contributed by atoms with van der Waals surface area (Å²) in [6.07, 6.45) is -1.82. The van der Waals surface area contributed by atoms with Gasteiger partial charge in [-0.3, -0.25) is 0 Å². The number of ether oxygens (including phenoxy) is 3. The Bertz CT molecular complexity index is 469. The van der Waals surface area contributed by atoms with Gasteiger partial charge in [0, 0.05) is 0 Å². The molecule has 2 aliphatic rings. The van der Waals surface area contributed by atoms with Gasteiger partial charge in [-0.25, -0.2) is 4.79 Å². The van der Waals surface area contributed by atoms with Crippen LogP contribution < -0.4 is 0 Å². The van der Waals surface area contributed by atoms with E-state index < -0.39 is 12.2 Å². The summed E-state index contributed by atoms with van der Waals surface area (Å²) in [5, 5.41) is 9.61. The van der Waals surface area contributed by atoms with Crippen LogP contribution in [-0.2, 0) is 14.2 Å². The molecule has 0 unspecified atom stereocenters. The normalized spacial score (nSPS) is 33.2. The number of aliphatic hydroxyl groups excluding tert-OH is 1. The lowest BCUT2D eigenvalue weighted by molar-refractivity contribution is -0.0209. The molecule has 2 fully saturated rings. The van der Waals surface area contributed by atoms with E-state index in [0.29, 0.717) is 5.56 Å². The fraction of sp³-hybridized carbons (Fsp3) is 0.500. The van der Waals surface area contributed by atoms with E-state index in [2.05, 4.69) is 0 Å². The zero-order chi connectivity index (χ0) is 13.4. The number of carbonyl (C=O) groups excluding carboxylic acids is 1. The SMILES string of the molecule is Cc1ccc(C(=O)O[C@H]2CO[C@H]3[C@@H]2OC[C@H]3O)cc1. The first-order valence-corrected chi connectivity index (χ1v) is 6.34. The lowest BCUT2D eigenvalue weighted by Gasteiger charge is -2.16. The molecule has 3 rings (SSSR count). The summed E-state index contributed by atoms with van der Waals surface area (Å²) in [6, 6.07) is 7.19. The zero-order valence-electron chi connectivity index (χ0n) is 10.6. The Balaban J connectivity index is 1.66. The molecular formula is C14H16O5. The van der Waals surface area contributed by atoms with Crippen LogP contribution in [0, 0.1) is 6.92 Å². The largest absolute Gasteiger partial charge is 0.453 e. The molecule has 4 atom stereocenters. The Hall–Kier alpha value is -1.43. The third kappa shape index (κ3) is 2.36. The summed E-state index contributed by atoms with van der Waals surface area (Å²) >= 11 is 0. The van der Waals surface area contributed by atoms with E-state index in [0.717, 1.165) is 5.56 Å². The zero-order valence-corrected chi connectivity index (χ0v) is 10.6. The highest BCUT2D eigenvalue weighted by atomic mass is 16.6. The summed E-state index contributed by atoms with van der Waals surface area (Å²) in [5.41, 5.74) is 1.59. The van der Waals surface area contributed by atoms with Crippen molar-refractivity contribution < 1.29 is 24.1 Å². The van der Waals surface area contributed by atoms with Gasteiger partial charge in [0.15, 0.2) is 6.10 Å². The standard InChI is InChI=1S/C14H16O5/c1-8-2-4-9(5-3-8)14(16)19-11-7-18-12-10(15)6-17-13(11)12/h2-5,10-13,15H,6-7H2,1H3/t10-,11+,12-,13-/m1/s1. The smallest absolute Gasteiger partial charge is 0.338 e. The summed E-state index contributed by atoms with van der Waals surface area (Å²) in [5.74, 6) is -0.390. The molecule has 2 heterocycles. The van der Waals surface area contributed by atoms with E-state index in [4.69, 9.17) is 14.2 Å². The molecule has 0 bridgehead atoms. The molecule has 2 saturated heterocycles. The number of aliphatic hydroxyl groups is 1. The Kier molecular flexibility index (Phi) is 3.26. The lowest BCUT2D eigenvalue weighted by atomic mass is 10.1. The summed E-state index contributed by atoms with van der Waals surface area (Å²) in [6.45, 7) is 2.45. The maximum Gasteiger partial charge on any atom is 0.338 e. The van der Waals surface area contributed by atoms with E-state index in [1.165, 1.54) is 0 Å². The molecule has 0 aliphatic carbocycles. The molecule has 0 saturated carbocycles. The van der Waals surface area contributed by atoms with Crippen LogP contribution in [-0.4, -0.2) is 48.7 Å². The molecule has 19 heavy (non-hydrogen) atoms. The van der Waals surface area contributed by atoms with Crippen molar-refractivity contribution in [1.29, 1.82) is 0 Å². The number of rotatable bonds is 2. The molecule has 1 aromatic carbocycles. The van der Waals surface area contributed by atoms with Gasteiger partial charge in [-0.15, -0.1) is 0 Å². The van der Waals surface area contributed by atoms with E-state index >= 15 is 0 Å². The second kappa shape index (κ2) is 4.92. The third-order valence-corrected chi connectivity index (χ3v) is 3.53. The van der Waals surface area contributed by atoms with Gasteiger partial charge in [-0.05, 0) is 19.1 Å². The van der Waals surface area contributed by atoms with Crippen molar-refractivity contribution >= 4 is 5.97 Å². The quantitative estimate of drug-likeness (QED) is 0.796. The molecular weight excluding hydrogens is 248 g/mol. The van der Waals surface area contributed by atoms with Crippen LogP contribution in [0.2, 0.25) is 0 Å². The van der Waals surface area contributed by atoms with E-state index in [1.54, 1.807) is 12.1 Å². The third-order valence-electron chi connectivity index (χ3n) is 3.53. The Labute approximate surface area is 111 Å². The highest BCUT2D eigenvalue weighted by Crippen LogP contribution is 2.29. The van der Waals surface area contributed by atoms with E-state index in [9.17, 15) is 9.90 Å². The highest BCUT2D eigenvalue weighted by Gasteiger charge is 2.48. The van der Waals surface area contributed by atoms with Crippen LogP contribution in [0.1, 0.15) is 15.9 Å². The number of benzene rings is 1. The van der Waals surface area contributed by atoms with Gasteiger partial charge < -0.3 is 19.3 Å². The van der Waals surface area contributed by atoms with Crippen LogP contribution in [0.15, 0.2) is 24.3 Å². The average Bonchev–Trinajstić information content (AvgIpc) is 2.95. The van der Waals surface area contributed by atoms with Gasteiger partial charge in [-0.1, -0.05) is 17.7 Å². The first kappa shape index (κ1) is 12.6. The number of aryl methyl sites for hydroxylation is 1. The van der Waals surface area contributed by atoms with Crippen molar-refractivity contribution in [2.24, 2.45) is 0 Å². The minimum atomic E-state index is -0.631. The molecule has 0 spiro atoms. The number of fused-ring (bicyclic) bond motifs is 1. The predicted octanol–water partition coefficient (Wildman–Crippen LogP) is 0.679. The molecule has 0 aromatic heterocycles. The maximum atomic E-state index is 12.0. The van der Waals surface area contributed by atoms with Crippen molar-refractivity contribution in [1.82, 2.24) is 0 Å². The number of esters is 1. The first-order valence-electron chi connectivity index (χ1n) is 6.34. The molecule has 5 nitrogen and oxygen atoms in total. The average molecular weight is 264 g/mol. The van der Waals surface area contributed by atoms with Crippen molar-refractivity contribution in [2.75, 3.05) is 13.2 Å². The van der Waals surface area contributed by atoms with Crippen LogP contribution in [0.3, 0.4) is 0 Å². The van der Waals surface area contributed by atoms with Crippen LogP contribution in [0.5, 0.6) is 0 Å². The fourth-order valence-electron chi connectivity index (χ4n) is 2.44. The monoisotopic (exact) mass is 264 g/mol. The second-order valence-electron chi connectivity index (χ2n) is 4.97. The van der Waals surface area contributed by atoms with Gasteiger partial charge in [0.1, 0.15) is 18.3 Å². The summed E-state index contributed by atoms with van der Waals surface area (Å²) < 4.78 is 16.2. The van der Waals surface area contributed by atoms with Gasteiger partial charge in [0.25, 0.3) is 0 Å². The second-order valence-corrected chi connectivity index (χ2v) is 4.97. The van der Waals surface area contributed by atoms with Gasteiger partial charge in [0.2, 0.25) is 0 Å². The van der Waals surface area contributed by atoms with Gasteiger partial charge in [0.05, 0.1) is 18.8 Å². The molecule has 0 amide bonds. The minimum Gasteiger partial charge on any atom is -0.453 e. The number of hydrogen-bond donors (Lipinski definition) is 1. The Morgan fingerprint density at radius 3 is 2.63 bits per heavy atom. The number of hydrogen-bond acceptors (Lipinski definition) is 5. The molecule has 5 heteroatoms. The Morgan fingerprint density at radius 2 is 1.89 bits per heavy atom. The van der Waals surface area contributed by atoms with Crippen LogP contribution in [0.25, 0.3) is 0 Å². The van der Waals surface area contributed by atoms with Crippen molar-refractivity contribution in [3.05, 3.63) is 35.4 Å². The van der Waals surface area contributed by atoms with Crippen molar-refractivity contribution in [2.45, 2.75) is 31.3 Å². The predicted molar refractivity (Wildman–Crippen MR) is 65.9 cm³/mol. The molecule has 1 aromatic rings. The minimum absolute atomic E-state index is 0.230. The van der Waals surface area contributed by atoms with E-state index in [1.807, 2.05) is 19.1 Å². The lowest BCUT2D eigenvalue weighted by Crippen LogP contribution is -2.34. The van der Waals surface area contributed by atoms with Crippen LogP contribution >= 0.6 is 0 Å². The van der Waals surface area contributed by atoms with Crippen molar-refractivity contribution in [3.63, 3.8) is 0 Å². The summed E-state index contributed by atoms with van der Waals surface area (Å²) in [7, 11) is 0. The van der Waals surface area contributed by atoms with Gasteiger partial charge >= 0.3 is 5.97 Å². The van der Waals surface area contributed by atoms with Gasteiger partial charge in [-0.2, -0.15) is 0 Å². The van der Waals surface area contributed by atoms with Crippen LogP contribution in [0.4, 0.5) is 0 Å². The molecule has 1 N–H and O–H groups in total. The molecule has 0 radical (unpaired) electrons. The fourth-order valence-corrected chi connectivity index (χ4v) is 2.44. The van der Waals surface area contributed by atoms with Crippen molar-refractivity contribution in [3.8, 4) is 0 Å². The molecule has 2 aliphatic heterocycles. The Morgan fingerprint density at radius 1 is 1.21 bits per heavy atom.